The first kappa shape index (κ1) is 29.7. The van der Waals surface area contributed by atoms with Gasteiger partial charge in [0.1, 0.15) is 0 Å². The maximum atomic E-state index is 13.0. The maximum Gasteiger partial charge on any atom is 0.257 e. The van der Waals surface area contributed by atoms with Crippen molar-refractivity contribution in [1.29, 1.82) is 0 Å². The topological polar surface area (TPSA) is 135 Å². The average molecular weight is 584 g/mol. The van der Waals surface area contributed by atoms with Crippen LogP contribution in [0.2, 0.25) is 0 Å². The molecule has 1 aliphatic rings. The van der Waals surface area contributed by atoms with Crippen LogP contribution in [0.3, 0.4) is 0 Å². The summed E-state index contributed by atoms with van der Waals surface area (Å²) in [6.45, 7) is 4.24. The predicted molar refractivity (Wildman–Crippen MR) is 155 cm³/mol. The van der Waals surface area contributed by atoms with Gasteiger partial charge in [0.2, 0.25) is 5.91 Å². The van der Waals surface area contributed by atoms with Crippen LogP contribution in [-0.2, 0) is 17.1 Å². The predicted octanol–water partition coefficient (Wildman–Crippen LogP) is 2.43. The number of aliphatic hydroxyl groups excluding tert-OH is 2. The molecule has 3 amide bonds. The van der Waals surface area contributed by atoms with Gasteiger partial charge < -0.3 is 25.3 Å². The molecule has 10 nitrogen and oxygen atoms in total. The Morgan fingerprint density at radius 1 is 1.02 bits per heavy atom. The van der Waals surface area contributed by atoms with Gasteiger partial charge in [0, 0.05) is 63.1 Å². The third kappa shape index (κ3) is 8.35. The van der Waals surface area contributed by atoms with Crippen molar-refractivity contribution in [3.8, 4) is 0 Å². The van der Waals surface area contributed by atoms with Crippen molar-refractivity contribution in [2.75, 3.05) is 44.6 Å². The number of thiazole rings is 1. The smallest absolute Gasteiger partial charge is 0.257 e. The molecule has 1 aliphatic heterocycles. The molecular formula is C28H33N5O5S2. The van der Waals surface area contributed by atoms with Crippen molar-refractivity contribution in [2.45, 2.75) is 29.5 Å². The van der Waals surface area contributed by atoms with Crippen molar-refractivity contribution < 1.29 is 24.6 Å². The first-order valence-corrected chi connectivity index (χ1v) is 14.7. The Morgan fingerprint density at radius 3 is 2.45 bits per heavy atom. The van der Waals surface area contributed by atoms with Crippen LogP contribution in [0.4, 0.5) is 5.13 Å². The second-order valence-corrected chi connectivity index (χ2v) is 11.7. The van der Waals surface area contributed by atoms with E-state index in [9.17, 15) is 19.5 Å². The molecule has 1 fully saturated rings. The number of benzene rings is 2. The summed E-state index contributed by atoms with van der Waals surface area (Å²) in [6.07, 6.45) is 0.928. The highest BCUT2D eigenvalue weighted by molar-refractivity contribution is 8.00. The summed E-state index contributed by atoms with van der Waals surface area (Å²) in [6, 6.07) is 14.7. The number of hydrogen-bond acceptors (Lipinski definition) is 9. The summed E-state index contributed by atoms with van der Waals surface area (Å²) in [4.78, 5) is 45.0. The lowest BCUT2D eigenvalue weighted by Crippen LogP contribution is -2.50. The summed E-state index contributed by atoms with van der Waals surface area (Å²) < 4.78 is 0.943. The largest absolute Gasteiger partial charge is 0.394 e. The lowest BCUT2D eigenvalue weighted by molar-refractivity contribution is -0.130. The molecule has 0 saturated carbocycles. The van der Waals surface area contributed by atoms with Crippen LogP contribution in [-0.4, -0.2) is 88.2 Å². The van der Waals surface area contributed by atoms with Crippen molar-refractivity contribution in [3.63, 3.8) is 0 Å². The molecule has 0 bridgehead atoms. The number of aliphatic hydroxyl groups is 2. The van der Waals surface area contributed by atoms with Gasteiger partial charge in [-0.15, -0.1) is 11.8 Å². The summed E-state index contributed by atoms with van der Waals surface area (Å²) in [5.41, 5.74) is 3.11. The number of carbonyl (C=O) groups excluding carboxylic acids is 3. The van der Waals surface area contributed by atoms with E-state index in [2.05, 4.69) is 15.6 Å². The van der Waals surface area contributed by atoms with Gasteiger partial charge in [0.05, 0.1) is 23.1 Å². The molecule has 3 aromatic rings. The number of thioether (sulfide) groups is 1. The highest BCUT2D eigenvalue weighted by Gasteiger charge is 2.23. The Morgan fingerprint density at radius 2 is 1.75 bits per heavy atom. The fourth-order valence-electron chi connectivity index (χ4n) is 4.13. The molecule has 2 aromatic carbocycles. The van der Waals surface area contributed by atoms with Gasteiger partial charge in [-0.25, -0.2) is 4.98 Å². The molecule has 2 heterocycles. The third-order valence-corrected chi connectivity index (χ3v) is 8.59. The number of nitrogens with one attached hydrogen (secondary N) is 2. The fraction of sp³-hybridized carbons (Fsp3) is 0.357. The van der Waals surface area contributed by atoms with Crippen molar-refractivity contribution in [3.05, 3.63) is 77.0 Å². The molecule has 0 aliphatic carbocycles. The van der Waals surface area contributed by atoms with E-state index in [4.69, 9.17) is 5.11 Å². The Hall–Kier alpha value is -3.29. The van der Waals surface area contributed by atoms with E-state index >= 15 is 0 Å². The standard InChI is InChI=1S/C28H33N5O5S2/c1-19(35)32-9-11-33(12-10-32)27(38)23-4-2-3-21(13-23)18-39-25-16-30-28(40-25)31-26(37)22-7-5-20(6-8-22)14-29-15-24(36)17-34/h2-8,13,16,24,29,34,36H,9-12,14-15,17-18H2,1H3,(H,30,31,37)/t24-/m0/s1. The lowest BCUT2D eigenvalue weighted by Gasteiger charge is -2.34. The molecule has 0 unspecified atom stereocenters. The van der Waals surface area contributed by atoms with E-state index in [0.717, 1.165) is 15.3 Å². The molecule has 1 saturated heterocycles. The highest BCUT2D eigenvalue weighted by Crippen LogP contribution is 2.31. The molecule has 4 rings (SSSR count). The first-order chi connectivity index (χ1) is 19.3. The molecule has 0 radical (unpaired) electrons. The number of hydrogen-bond donors (Lipinski definition) is 4. The van der Waals surface area contributed by atoms with E-state index in [-0.39, 0.29) is 30.9 Å². The van der Waals surface area contributed by atoms with Crippen LogP contribution >= 0.6 is 23.1 Å². The molecule has 212 valence electrons. The first-order valence-electron chi connectivity index (χ1n) is 12.9. The number of aromatic nitrogens is 1. The number of piperazine rings is 1. The molecule has 1 atom stereocenters. The Labute approximate surface area is 241 Å². The number of rotatable bonds is 11. The Bertz CT molecular complexity index is 1310. The van der Waals surface area contributed by atoms with Crippen LogP contribution in [0.1, 0.15) is 38.8 Å². The quantitative estimate of drug-likeness (QED) is 0.253. The zero-order chi connectivity index (χ0) is 28.5. The van der Waals surface area contributed by atoms with Crippen molar-refractivity contribution in [1.82, 2.24) is 20.1 Å². The monoisotopic (exact) mass is 583 g/mol. The van der Waals surface area contributed by atoms with E-state index in [1.54, 1.807) is 46.8 Å². The Balaban J connectivity index is 1.25. The maximum absolute atomic E-state index is 13.0. The van der Waals surface area contributed by atoms with E-state index in [1.807, 2.05) is 36.4 Å². The zero-order valence-corrected chi connectivity index (χ0v) is 23.8. The second kappa shape index (κ2) is 14.4. The van der Waals surface area contributed by atoms with E-state index < -0.39 is 6.10 Å². The molecular weight excluding hydrogens is 550 g/mol. The van der Waals surface area contributed by atoms with Crippen LogP contribution in [0.15, 0.2) is 58.9 Å². The number of carbonyl (C=O) groups is 3. The SMILES string of the molecule is CC(=O)N1CCN(C(=O)c2cccc(CSc3cnc(NC(=O)c4ccc(CNC[C@H](O)CO)cc4)s3)c2)CC1. The highest BCUT2D eigenvalue weighted by atomic mass is 32.2. The third-order valence-electron chi connectivity index (χ3n) is 6.41. The molecule has 12 heteroatoms. The fourth-order valence-corrected chi connectivity index (χ4v) is 5.94. The van der Waals surface area contributed by atoms with Crippen LogP contribution in [0.5, 0.6) is 0 Å². The minimum absolute atomic E-state index is 0.0253. The normalized spacial score (nSPS) is 14.2. The van der Waals surface area contributed by atoms with Gasteiger partial charge in [-0.05, 0) is 35.4 Å². The number of amides is 3. The summed E-state index contributed by atoms with van der Waals surface area (Å²) >= 11 is 2.97. The minimum Gasteiger partial charge on any atom is -0.394 e. The molecule has 1 aromatic heterocycles. The molecule has 40 heavy (non-hydrogen) atoms. The van der Waals surface area contributed by atoms with E-state index in [1.165, 1.54) is 11.3 Å². The summed E-state index contributed by atoms with van der Waals surface area (Å²) in [5.74, 6) is 0.409. The van der Waals surface area contributed by atoms with Gasteiger partial charge in [-0.1, -0.05) is 35.6 Å². The second-order valence-electron chi connectivity index (χ2n) is 9.39. The van der Waals surface area contributed by atoms with Crippen molar-refractivity contribution >= 4 is 46.0 Å². The number of anilines is 1. The Kier molecular flexibility index (Phi) is 10.7. The summed E-state index contributed by atoms with van der Waals surface area (Å²) in [7, 11) is 0. The van der Waals surface area contributed by atoms with Gasteiger partial charge in [-0.3, -0.25) is 19.7 Å². The van der Waals surface area contributed by atoms with Crippen LogP contribution in [0, 0.1) is 0 Å². The van der Waals surface area contributed by atoms with Gasteiger partial charge >= 0.3 is 0 Å². The van der Waals surface area contributed by atoms with Gasteiger partial charge in [0.25, 0.3) is 11.8 Å². The minimum atomic E-state index is -0.799. The van der Waals surface area contributed by atoms with Crippen LogP contribution in [0.25, 0.3) is 0 Å². The number of nitrogens with zero attached hydrogens (tertiary/aromatic N) is 3. The van der Waals surface area contributed by atoms with Crippen molar-refractivity contribution in [2.24, 2.45) is 0 Å². The molecule has 0 spiro atoms. The molecule has 4 N–H and O–H groups in total. The lowest BCUT2D eigenvalue weighted by atomic mass is 10.1. The summed E-state index contributed by atoms with van der Waals surface area (Å²) in [5, 5.41) is 24.6. The van der Waals surface area contributed by atoms with Crippen LogP contribution < -0.4 is 10.6 Å². The van der Waals surface area contributed by atoms with E-state index in [0.29, 0.717) is 54.7 Å². The average Bonchev–Trinajstić information content (AvgIpc) is 3.43. The van der Waals surface area contributed by atoms with Gasteiger partial charge in [0.15, 0.2) is 5.13 Å². The zero-order valence-electron chi connectivity index (χ0n) is 22.2. The van der Waals surface area contributed by atoms with Gasteiger partial charge in [-0.2, -0.15) is 0 Å².